The number of benzene rings is 1. The Balaban J connectivity index is 2.37. The number of hydrogen-bond donors (Lipinski definition) is 1. The second kappa shape index (κ2) is 3.80. The minimum Gasteiger partial charge on any atom is -0.364 e. The summed E-state index contributed by atoms with van der Waals surface area (Å²) in [6, 6.07) is 8.58. The lowest BCUT2D eigenvalue weighted by Crippen LogP contribution is -2.49. The maximum atomic E-state index is 6.13. The van der Waals surface area contributed by atoms with Crippen LogP contribution in [0.5, 0.6) is 0 Å². The van der Waals surface area contributed by atoms with Crippen molar-refractivity contribution in [2.24, 2.45) is 5.73 Å². The molecule has 1 aromatic rings. The first-order valence-electron chi connectivity index (χ1n) is 5.31. The van der Waals surface area contributed by atoms with Crippen LogP contribution in [0, 0.1) is 0 Å². The second-order valence-corrected chi connectivity index (χ2v) is 5.51. The number of nitrogens with zero attached hydrogens (tertiary/aromatic N) is 1. The molecule has 0 amide bonds. The van der Waals surface area contributed by atoms with Crippen LogP contribution in [-0.4, -0.2) is 18.1 Å². The van der Waals surface area contributed by atoms with Crippen LogP contribution in [0.1, 0.15) is 20.3 Å². The number of nitrogens with two attached hydrogens (primary N) is 1. The van der Waals surface area contributed by atoms with Crippen molar-refractivity contribution in [2.75, 3.05) is 11.4 Å². The van der Waals surface area contributed by atoms with E-state index >= 15 is 0 Å². The molecule has 0 spiro atoms. The lowest BCUT2D eigenvalue weighted by Gasteiger charge is -2.36. The molecule has 1 heterocycles. The fourth-order valence-corrected chi connectivity index (χ4v) is 2.71. The van der Waals surface area contributed by atoms with Gasteiger partial charge >= 0.3 is 0 Å². The standard InChI is InChI=1S/C12H17BrN2/c1-12(2)11(14)7-8-15(12)10-6-4-3-5-9(10)13/h3-6,11H,7-8,14H2,1-2H3. The van der Waals surface area contributed by atoms with Crippen molar-refractivity contribution >= 4 is 21.6 Å². The highest BCUT2D eigenvalue weighted by Crippen LogP contribution is 2.36. The van der Waals surface area contributed by atoms with E-state index in [1.165, 1.54) is 5.69 Å². The minimum absolute atomic E-state index is 0.0455. The molecule has 0 bridgehead atoms. The number of halogens is 1. The van der Waals surface area contributed by atoms with Crippen molar-refractivity contribution in [3.63, 3.8) is 0 Å². The van der Waals surface area contributed by atoms with E-state index in [0.717, 1.165) is 17.4 Å². The quantitative estimate of drug-likeness (QED) is 0.849. The average molecular weight is 269 g/mol. The van der Waals surface area contributed by atoms with Gasteiger partial charge in [-0.1, -0.05) is 12.1 Å². The predicted octanol–water partition coefficient (Wildman–Crippen LogP) is 2.77. The monoisotopic (exact) mass is 268 g/mol. The summed E-state index contributed by atoms with van der Waals surface area (Å²) in [4.78, 5) is 2.39. The Labute approximate surface area is 99.6 Å². The summed E-state index contributed by atoms with van der Waals surface area (Å²) in [6.07, 6.45) is 1.06. The van der Waals surface area contributed by atoms with E-state index in [9.17, 15) is 0 Å². The first-order valence-corrected chi connectivity index (χ1v) is 6.10. The van der Waals surface area contributed by atoms with Crippen molar-refractivity contribution in [3.8, 4) is 0 Å². The number of hydrogen-bond acceptors (Lipinski definition) is 2. The second-order valence-electron chi connectivity index (χ2n) is 4.65. The normalized spacial score (nSPS) is 24.5. The van der Waals surface area contributed by atoms with Gasteiger partial charge in [0.2, 0.25) is 0 Å². The Hall–Kier alpha value is -0.540. The van der Waals surface area contributed by atoms with E-state index in [-0.39, 0.29) is 11.6 Å². The highest BCUT2D eigenvalue weighted by molar-refractivity contribution is 9.10. The Morgan fingerprint density at radius 3 is 2.60 bits per heavy atom. The van der Waals surface area contributed by atoms with E-state index in [1.54, 1.807) is 0 Å². The molecule has 1 aromatic carbocycles. The maximum absolute atomic E-state index is 6.13. The molecule has 0 radical (unpaired) electrons. The van der Waals surface area contributed by atoms with Crippen LogP contribution in [0.15, 0.2) is 28.7 Å². The molecule has 2 rings (SSSR count). The topological polar surface area (TPSA) is 29.3 Å². The zero-order chi connectivity index (χ0) is 11.1. The number of rotatable bonds is 1. The van der Waals surface area contributed by atoms with Gasteiger partial charge in [-0.05, 0) is 48.3 Å². The zero-order valence-electron chi connectivity index (χ0n) is 9.20. The van der Waals surface area contributed by atoms with E-state index < -0.39 is 0 Å². The molecule has 0 aromatic heterocycles. The van der Waals surface area contributed by atoms with E-state index in [4.69, 9.17) is 5.73 Å². The molecule has 1 unspecified atom stereocenters. The lowest BCUT2D eigenvalue weighted by molar-refractivity contribution is 0.453. The summed E-state index contributed by atoms with van der Waals surface area (Å²) in [5, 5.41) is 0. The molecule has 1 saturated heterocycles. The molecule has 2 nitrogen and oxygen atoms in total. The Kier molecular flexibility index (Phi) is 2.77. The van der Waals surface area contributed by atoms with E-state index in [2.05, 4.69) is 52.9 Å². The van der Waals surface area contributed by atoms with Gasteiger partial charge in [0.05, 0.1) is 5.69 Å². The molecule has 3 heteroatoms. The molecule has 0 saturated carbocycles. The van der Waals surface area contributed by atoms with Crippen LogP contribution in [0.2, 0.25) is 0 Å². The first-order chi connectivity index (χ1) is 7.03. The van der Waals surface area contributed by atoms with Crippen molar-refractivity contribution in [2.45, 2.75) is 31.8 Å². The number of anilines is 1. The van der Waals surface area contributed by atoms with Crippen LogP contribution in [-0.2, 0) is 0 Å². The lowest BCUT2D eigenvalue weighted by atomic mass is 9.96. The average Bonchev–Trinajstić information content (AvgIpc) is 2.44. The SMILES string of the molecule is CC1(C)C(N)CCN1c1ccccc1Br. The van der Waals surface area contributed by atoms with Gasteiger partial charge in [-0.2, -0.15) is 0 Å². The van der Waals surface area contributed by atoms with Crippen LogP contribution in [0.25, 0.3) is 0 Å². The van der Waals surface area contributed by atoms with Crippen molar-refractivity contribution in [1.82, 2.24) is 0 Å². The predicted molar refractivity (Wildman–Crippen MR) is 68.2 cm³/mol. The minimum atomic E-state index is 0.0455. The molecule has 1 aliphatic heterocycles. The van der Waals surface area contributed by atoms with Crippen LogP contribution in [0.4, 0.5) is 5.69 Å². The van der Waals surface area contributed by atoms with Gasteiger partial charge in [0, 0.05) is 22.6 Å². The Bertz CT molecular complexity index is 362. The highest BCUT2D eigenvalue weighted by atomic mass is 79.9. The highest BCUT2D eigenvalue weighted by Gasteiger charge is 2.39. The van der Waals surface area contributed by atoms with Gasteiger partial charge in [-0.3, -0.25) is 0 Å². The molecule has 1 aliphatic rings. The van der Waals surface area contributed by atoms with Gasteiger partial charge in [-0.15, -0.1) is 0 Å². The number of para-hydroxylation sites is 1. The summed E-state index contributed by atoms with van der Waals surface area (Å²) in [6.45, 7) is 5.46. The van der Waals surface area contributed by atoms with E-state index in [0.29, 0.717) is 0 Å². The first kappa shape index (κ1) is 11.0. The van der Waals surface area contributed by atoms with Crippen molar-refractivity contribution in [1.29, 1.82) is 0 Å². The maximum Gasteiger partial charge on any atom is 0.0515 e. The molecule has 82 valence electrons. The van der Waals surface area contributed by atoms with Gasteiger partial charge in [-0.25, -0.2) is 0 Å². The zero-order valence-corrected chi connectivity index (χ0v) is 10.8. The third-order valence-electron chi connectivity index (χ3n) is 3.41. The third kappa shape index (κ3) is 1.79. The summed E-state index contributed by atoms with van der Waals surface area (Å²) in [7, 11) is 0. The molecule has 1 atom stereocenters. The smallest absolute Gasteiger partial charge is 0.0515 e. The molecule has 0 aliphatic carbocycles. The van der Waals surface area contributed by atoms with Crippen LogP contribution >= 0.6 is 15.9 Å². The van der Waals surface area contributed by atoms with Gasteiger partial charge < -0.3 is 10.6 Å². The Morgan fingerprint density at radius 1 is 1.40 bits per heavy atom. The third-order valence-corrected chi connectivity index (χ3v) is 4.08. The summed E-state index contributed by atoms with van der Waals surface area (Å²) < 4.78 is 1.15. The van der Waals surface area contributed by atoms with Crippen molar-refractivity contribution < 1.29 is 0 Å². The Morgan fingerprint density at radius 2 is 2.07 bits per heavy atom. The van der Waals surface area contributed by atoms with E-state index in [1.807, 2.05) is 6.07 Å². The van der Waals surface area contributed by atoms with Crippen molar-refractivity contribution in [3.05, 3.63) is 28.7 Å². The van der Waals surface area contributed by atoms with Gasteiger partial charge in [0.25, 0.3) is 0 Å². The summed E-state index contributed by atoms with van der Waals surface area (Å²) in [5.74, 6) is 0. The molecule has 1 fully saturated rings. The molecule has 15 heavy (non-hydrogen) atoms. The summed E-state index contributed by atoms with van der Waals surface area (Å²) in [5.41, 5.74) is 7.42. The van der Waals surface area contributed by atoms with Gasteiger partial charge in [0.15, 0.2) is 0 Å². The largest absolute Gasteiger partial charge is 0.364 e. The molecular formula is C12H17BrN2. The fraction of sp³-hybridized carbons (Fsp3) is 0.500. The van der Waals surface area contributed by atoms with Crippen LogP contribution in [0.3, 0.4) is 0 Å². The fourth-order valence-electron chi connectivity index (χ4n) is 2.21. The molecular weight excluding hydrogens is 252 g/mol. The summed E-state index contributed by atoms with van der Waals surface area (Å²) >= 11 is 3.60. The van der Waals surface area contributed by atoms with Gasteiger partial charge in [0.1, 0.15) is 0 Å². The van der Waals surface area contributed by atoms with Crippen LogP contribution < -0.4 is 10.6 Å². The molecule has 2 N–H and O–H groups in total.